The van der Waals surface area contributed by atoms with E-state index >= 15 is 0 Å². The summed E-state index contributed by atoms with van der Waals surface area (Å²) in [7, 11) is 0. The second-order valence-corrected chi connectivity index (χ2v) is 4.39. The van der Waals surface area contributed by atoms with Crippen molar-refractivity contribution in [2.45, 2.75) is 20.3 Å². The smallest absolute Gasteiger partial charge is 0.197 e. The van der Waals surface area contributed by atoms with Crippen LogP contribution in [0.15, 0.2) is 24.7 Å². The molecule has 0 atom stereocenters. The lowest BCUT2D eigenvalue weighted by Crippen LogP contribution is -1.97. The van der Waals surface area contributed by atoms with Gasteiger partial charge in [0.15, 0.2) is 4.77 Å². The Morgan fingerprint density at radius 3 is 2.94 bits per heavy atom. The topological polar surface area (TPSA) is 50.8 Å². The van der Waals surface area contributed by atoms with Crippen LogP contribution in [-0.4, -0.2) is 21.6 Å². The first-order valence-corrected chi connectivity index (χ1v) is 6.25. The quantitative estimate of drug-likeness (QED) is 0.858. The first-order chi connectivity index (χ1) is 8.70. The number of aromatic amines is 1. The molecular formula is C13H15N3OS. The molecule has 0 unspecified atom stereocenters. The van der Waals surface area contributed by atoms with E-state index in [1.807, 2.05) is 13.0 Å². The Labute approximate surface area is 111 Å². The van der Waals surface area contributed by atoms with Crippen LogP contribution < -0.4 is 4.74 Å². The van der Waals surface area contributed by atoms with E-state index in [1.165, 1.54) is 0 Å². The molecule has 94 valence electrons. The van der Waals surface area contributed by atoms with Crippen LogP contribution in [0.1, 0.15) is 18.9 Å². The van der Waals surface area contributed by atoms with Crippen molar-refractivity contribution in [3.05, 3.63) is 35.0 Å². The lowest BCUT2D eigenvalue weighted by molar-refractivity contribution is 0.316. The molecule has 0 saturated carbocycles. The minimum atomic E-state index is 0.468. The maximum atomic E-state index is 5.57. The van der Waals surface area contributed by atoms with E-state index < -0.39 is 0 Å². The highest BCUT2D eigenvalue weighted by Gasteiger charge is 2.05. The van der Waals surface area contributed by atoms with E-state index in [2.05, 4.69) is 21.9 Å². The average Bonchev–Trinajstić information content (AvgIpc) is 2.39. The molecule has 1 N–H and O–H groups in total. The zero-order chi connectivity index (χ0) is 13.0. The molecule has 0 aliphatic rings. The van der Waals surface area contributed by atoms with E-state index in [0.717, 1.165) is 29.0 Å². The molecule has 0 radical (unpaired) electrons. The lowest BCUT2D eigenvalue weighted by atomic mass is 10.1. The van der Waals surface area contributed by atoms with Crippen LogP contribution in [0.5, 0.6) is 5.75 Å². The number of nitrogens with zero attached hydrogens (tertiary/aromatic N) is 2. The van der Waals surface area contributed by atoms with Gasteiger partial charge in [0.25, 0.3) is 0 Å². The molecule has 2 rings (SSSR count). The van der Waals surface area contributed by atoms with Gasteiger partial charge < -0.3 is 9.72 Å². The highest BCUT2D eigenvalue weighted by molar-refractivity contribution is 7.71. The van der Waals surface area contributed by atoms with Crippen molar-refractivity contribution in [1.82, 2.24) is 15.0 Å². The summed E-state index contributed by atoms with van der Waals surface area (Å²) < 4.78 is 6.04. The molecule has 0 spiro atoms. The van der Waals surface area contributed by atoms with Crippen molar-refractivity contribution in [3.8, 4) is 17.0 Å². The number of pyridine rings is 1. The summed E-state index contributed by atoms with van der Waals surface area (Å²) in [5, 5.41) is 0. The fraction of sp³-hybridized carbons (Fsp3) is 0.308. The normalized spacial score (nSPS) is 10.3. The molecule has 0 amide bonds. The first-order valence-electron chi connectivity index (χ1n) is 5.85. The Hall–Kier alpha value is -1.75. The third-order valence-corrected chi connectivity index (χ3v) is 2.68. The molecule has 4 nitrogen and oxygen atoms in total. The zero-order valence-electron chi connectivity index (χ0n) is 10.4. The van der Waals surface area contributed by atoms with E-state index in [-0.39, 0.29) is 0 Å². The minimum absolute atomic E-state index is 0.468. The summed E-state index contributed by atoms with van der Waals surface area (Å²) >= 11 is 5.04. The van der Waals surface area contributed by atoms with Crippen molar-refractivity contribution in [2.75, 3.05) is 6.61 Å². The largest absolute Gasteiger partial charge is 0.492 e. The summed E-state index contributed by atoms with van der Waals surface area (Å²) in [5.74, 6) is 0.768. The standard InChI is InChI=1S/C13H15N3OS/c1-3-4-17-11-5-10(7-14-8-11)12-9(2)6-15-13(18)16-12/h5-8H,3-4H2,1-2H3,(H,15,16,18). The summed E-state index contributed by atoms with van der Waals surface area (Å²) in [4.78, 5) is 11.3. The molecule has 0 fully saturated rings. The number of hydrogen-bond acceptors (Lipinski definition) is 4. The van der Waals surface area contributed by atoms with Crippen LogP contribution in [0.3, 0.4) is 0 Å². The van der Waals surface area contributed by atoms with Gasteiger partial charge in [-0.1, -0.05) is 6.92 Å². The minimum Gasteiger partial charge on any atom is -0.492 e. The zero-order valence-corrected chi connectivity index (χ0v) is 11.3. The molecule has 0 saturated heterocycles. The summed E-state index contributed by atoms with van der Waals surface area (Å²) in [6, 6.07) is 1.95. The van der Waals surface area contributed by atoms with Crippen molar-refractivity contribution in [1.29, 1.82) is 0 Å². The van der Waals surface area contributed by atoms with Crippen LogP contribution in [0.25, 0.3) is 11.3 Å². The Balaban J connectivity index is 2.38. The fourth-order valence-electron chi connectivity index (χ4n) is 1.61. The van der Waals surface area contributed by atoms with E-state index in [1.54, 1.807) is 18.6 Å². The van der Waals surface area contributed by atoms with Crippen molar-refractivity contribution >= 4 is 12.2 Å². The molecule has 18 heavy (non-hydrogen) atoms. The molecule has 5 heteroatoms. The average molecular weight is 261 g/mol. The van der Waals surface area contributed by atoms with E-state index in [4.69, 9.17) is 17.0 Å². The number of aryl methyl sites for hydroxylation is 1. The van der Waals surface area contributed by atoms with Crippen LogP contribution in [0.4, 0.5) is 0 Å². The van der Waals surface area contributed by atoms with Gasteiger partial charge in [-0.15, -0.1) is 0 Å². The highest BCUT2D eigenvalue weighted by atomic mass is 32.1. The Morgan fingerprint density at radius 2 is 2.17 bits per heavy atom. The van der Waals surface area contributed by atoms with E-state index in [0.29, 0.717) is 11.4 Å². The van der Waals surface area contributed by atoms with Crippen LogP contribution >= 0.6 is 12.2 Å². The molecule has 2 aromatic rings. The van der Waals surface area contributed by atoms with Crippen LogP contribution in [0.2, 0.25) is 0 Å². The fourth-order valence-corrected chi connectivity index (χ4v) is 1.77. The van der Waals surface area contributed by atoms with Gasteiger partial charge in [-0.05, 0) is 37.2 Å². The molecule has 0 aliphatic carbocycles. The van der Waals surface area contributed by atoms with E-state index in [9.17, 15) is 0 Å². The second kappa shape index (κ2) is 5.73. The Kier molecular flexibility index (Phi) is 4.04. The number of rotatable bonds is 4. The molecule has 0 aromatic carbocycles. The third-order valence-electron chi connectivity index (χ3n) is 2.48. The van der Waals surface area contributed by atoms with Gasteiger partial charge in [-0.2, -0.15) is 0 Å². The third kappa shape index (κ3) is 2.92. The number of aromatic nitrogens is 3. The summed E-state index contributed by atoms with van der Waals surface area (Å²) in [6.07, 6.45) is 6.23. The van der Waals surface area contributed by atoms with Crippen LogP contribution in [-0.2, 0) is 0 Å². The summed E-state index contributed by atoms with van der Waals surface area (Å²) in [5.41, 5.74) is 2.91. The second-order valence-electron chi connectivity index (χ2n) is 4.00. The molecule has 0 aliphatic heterocycles. The first kappa shape index (κ1) is 12.7. The SMILES string of the molecule is CCCOc1cncc(-c2[nH]c(=S)ncc2C)c1. The molecule has 2 aromatic heterocycles. The van der Waals surface area contributed by atoms with Gasteiger partial charge in [0.05, 0.1) is 18.5 Å². The highest BCUT2D eigenvalue weighted by Crippen LogP contribution is 2.23. The maximum absolute atomic E-state index is 5.57. The number of H-pyrrole nitrogens is 1. The van der Waals surface area contributed by atoms with Gasteiger partial charge in [0, 0.05) is 18.0 Å². The summed E-state index contributed by atoms with van der Waals surface area (Å²) in [6.45, 7) is 4.74. The van der Waals surface area contributed by atoms with Crippen molar-refractivity contribution in [3.63, 3.8) is 0 Å². The predicted molar refractivity (Wildman–Crippen MR) is 73.2 cm³/mol. The van der Waals surface area contributed by atoms with Gasteiger partial charge in [-0.25, -0.2) is 4.98 Å². The molecule has 0 bridgehead atoms. The Morgan fingerprint density at radius 1 is 1.33 bits per heavy atom. The Bertz CT molecular complexity index is 595. The number of nitrogens with one attached hydrogen (secondary N) is 1. The van der Waals surface area contributed by atoms with Gasteiger partial charge in [0.2, 0.25) is 0 Å². The monoisotopic (exact) mass is 261 g/mol. The van der Waals surface area contributed by atoms with Gasteiger partial charge >= 0.3 is 0 Å². The van der Waals surface area contributed by atoms with Gasteiger partial charge in [-0.3, -0.25) is 4.98 Å². The predicted octanol–water partition coefficient (Wildman–Crippen LogP) is 3.30. The molecule has 2 heterocycles. The van der Waals surface area contributed by atoms with Gasteiger partial charge in [0.1, 0.15) is 5.75 Å². The van der Waals surface area contributed by atoms with Crippen LogP contribution in [0, 0.1) is 11.7 Å². The molecular weight excluding hydrogens is 246 g/mol. The lowest BCUT2D eigenvalue weighted by Gasteiger charge is -2.08. The van der Waals surface area contributed by atoms with Crippen molar-refractivity contribution < 1.29 is 4.74 Å². The number of hydrogen-bond donors (Lipinski definition) is 1. The van der Waals surface area contributed by atoms with Crippen molar-refractivity contribution in [2.24, 2.45) is 0 Å². The number of ether oxygens (including phenoxy) is 1. The maximum Gasteiger partial charge on any atom is 0.197 e.